The summed E-state index contributed by atoms with van der Waals surface area (Å²) < 4.78 is 39.3. The van der Waals surface area contributed by atoms with Crippen LogP contribution in [-0.4, -0.2) is 34.6 Å². The minimum absolute atomic E-state index is 0.227. The van der Waals surface area contributed by atoms with Crippen molar-refractivity contribution in [3.8, 4) is 0 Å². The summed E-state index contributed by atoms with van der Waals surface area (Å²) in [5.41, 5.74) is 2.95. The van der Waals surface area contributed by atoms with E-state index in [2.05, 4.69) is 51.6 Å². The molecule has 0 fully saturated rings. The molecule has 0 unspecified atom stereocenters. The molecule has 36 heavy (non-hydrogen) atoms. The van der Waals surface area contributed by atoms with Crippen LogP contribution >= 0.6 is 11.8 Å². The lowest BCUT2D eigenvalue weighted by molar-refractivity contribution is -0.137. The molecule has 0 spiro atoms. The molecule has 0 atom stereocenters. The van der Waals surface area contributed by atoms with Gasteiger partial charge in [-0.05, 0) is 67.1 Å². The molecular weight excluding hydrogens is 483 g/mol. The minimum atomic E-state index is -4.37. The number of nitrogens with one attached hydrogen (secondary N) is 3. The first-order chi connectivity index (χ1) is 17.3. The van der Waals surface area contributed by atoms with Gasteiger partial charge >= 0.3 is 6.18 Å². The van der Waals surface area contributed by atoms with Crippen molar-refractivity contribution in [2.24, 2.45) is 0 Å². The number of thioether (sulfide) groups is 1. The van der Waals surface area contributed by atoms with Crippen molar-refractivity contribution < 1.29 is 13.2 Å². The number of benzene rings is 2. The lowest BCUT2D eigenvalue weighted by atomic mass is 10.1. The summed E-state index contributed by atoms with van der Waals surface area (Å²) >= 11 is 1.88. The fourth-order valence-electron chi connectivity index (χ4n) is 3.80. The molecule has 0 saturated carbocycles. The molecule has 3 N–H and O–H groups in total. The second-order valence-electron chi connectivity index (χ2n) is 8.50. The van der Waals surface area contributed by atoms with E-state index in [-0.39, 0.29) is 6.54 Å². The fraction of sp³-hybridized carbons (Fsp3) is 0.407. The van der Waals surface area contributed by atoms with Crippen molar-refractivity contribution in [2.75, 3.05) is 35.2 Å². The van der Waals surface area contributed by atoms with E-state index < -0.39 is 11.7 Å². The van der Waals surface area contributed by atoms with Gasteiger partial charge in [-0.15, -0.1) is 0 Å². The van der Waals surface area contributed by atoms with E-state index >= 15 is 0 Å². The molecule has 1 heterocycles. The Morgan fingerprint density at radius 3 is 2.64 bits per heavy atom. The summed E-state index contributed by atoms with van der Waals surface area (Å²) in [7, 11) is 0. The summed E-state index contributed by atoms with van der Waals surface area (Å²) in [5, 5.41) is 10.8. The predicted octanol–water partition coefficient (Wildman–Crippen LogP) is 6.79. The SMILES string of the molecule is C=CNCCSCCc1cc2nc(C)nc(NCc3cccc(C(F)(F)F)c3)c2cc1NCCCC. The van der Waals surface area contributed by atoms with E-state index in [0.717, 1.165) is 66.5 Å². The normalized spacial score (nSPS) is 11.5. The standard InChI is InChI=1S/C27H34F3N5S/c1-4-6-11-32-24-17-23-25(16-21(24)10-13-36-14-12-31-5-2)34-19(3)35-26(23)33-18-20-8-7-9-22(15-20)27(28,29)30/h5,7-9,15-17,31-32H,2,4,6,10-14,18H2,1,3H3,(H,33,34,35). The van der Waals surface area contributed by atoms with Crippen molar-refractivity contribution >= 4 is 34.2 Å². The quantitative estimate of drug-likeness (QED) is 0.205. The summed E-state index contributed by atoms with van der Waals surface area (Å²) in [6.07, 6.45) is 0.391. The number of aryl methyl sites for hydroxylation is 2. The van der Waals surface area contributed by atoms with Gasteiger partial charge < -0.3 is 16.0 Å². The van der Waals surface area contributed by atoms with Gasteiger partial charge in [0.05, 0.1) is 11.1 Å². The number of anilines is 2. The molecule has 0 radical (unpaired) electrons. The molecule has 3 aromatic rings. The first-order valence-electron chi connectivity index (χ1n) is 12.2. The van der Waals surface area contributed by atoms with E-state index in [1.807, 2.05) is 18.7 Å². The fourth-order valence-corrected chi connectivity index (χ4v) is 4.63. The number of alkyl halides is 3. The maximum absolute atomic E-state index is 13.1. The maximum atomic E-state index is 13.1. The van der Waals surface area contributed by atoms with Crippen molar-refractivity contribution in [3.05, 3.63) is 71.7 Å². The smallest absolute Gasteiger partial charge is 0.391 e. The molecule has 194 valence electrons. The second kappa shape index (κ2) is 13.4. The highest BCUT2D eigenvalue weighted by molar-refractivity contribution is 7.99. The Morgan fingerprint density at radius 2 is 1.89 bits per heavy atom. The van der Waals surface area contributed by atoms with Gasteiger partial charge in [0.2, 0.25) is 0 Å². The Labute approximate surface area is 215 Å². The molecule has 3 rings (SSSR count). The third-order valence-electron chi connectivity index (χ3n) is 5.64. The van der Waals surface area contributed by atoms with Crippen LogP contribution in [0.2, 0.25) is 0 Å². The number of unbranched alkanes of at least 4 members (excludes halogenated alkanes) is 1. The van der Waals surface area contributed by atoms with Crippen LogP contribution < -0.4 is 16.0 Å². The molecule has 0 aliphatic carbocycles. The molecule has 0 saturated heterocycles. The van der Waals surface area contributed by atoms with Crippen molar-refractivity contribution in [1.29, 1.82) is 0 Å². The van der Waals surface area contributed by atoms with Crippen LogP contribution in [0.4, 0.5) is 24.7 Å². The number of rotatable bonds is 14. The average molecular weight is 518 g/mol. The van der Waals surface area contributed by atoms with Crippen LogP contribution in [-0.2, 0) is 19.1 Å². The Hall–Kier alpha value is -2.94. The van der Waals surface area contributed by atoms with Gasteiger partial charge in [-0.1, -0.05) is 32.1 Å². The van der Waals surface area contributed by atoms with Gasteiger partial charge in [0, 0.05) is 36.5 Å². The van der Waals surface area contributed by atoms with Crippen molar-refractivity contribution in [3.63, 3.8) is 0 Å². The Bertz CT molecular complexity index is 1150. The van der Waals surface area contributed by atoms with Gasteiger partial charge in [0.1, 0.15) is 11.6 Å². The summed E-state index contributed by atoms with van der Waals surface area (Å²) in [6, 6.07) is 9.53. The highest BCUT2D eigenvalue weighted by atomic mass is 32.2. The molecule has 9 heteroatoms. The number of nitrogens with zero attached hydrogens (tertiary/aromatic N) is 2. The highest BCUT2D eigenvalue weighted by Gasteiger charge is 2.30. The molecule has 0 aliphatic heterocycles. The zero-order valence-corrected chi connectivity index (χ0v) is 21.7. The number of halogens is 3. The van der Waals surface area contributed by atoms with Gasteiger partial charge in [0.25, 0.3) is 0 Å². The van der Waals surface area contributed by atoms with Crippen molar-refractivity contribution in [2.45, 2.75) is 45.8 Å². The summed E-state index contributed by atoms with van der Waals surface area (Å²) in [5.74, 6) is 3.21. The van der Waals surface area contributed by atoms with Gasteiger partial charge in [-0.3, -0.25) is 0 Å². The number of aromatic nitrogens is 2. The summed E-state index contributed by atoms with van der Waals surface area (Å²) in [6.45, 7) is 9.63. The highest BCUT2D eigenvalue weighted by Crippen LogP contribution is 2.31. The van der Waals surface area contributed by atoms with Crippen LogP contribution in [0.15, 0.2) is 49.2 Å². The minimum Gasteiger partial charge on any atom is -0.391 e. The molecular formula is C27H34F3N5S. The van der Waals surface area contributed by atoms with Crippen LogP contribution in [0.1, 0.15) is 42.3 Å². The Kier molecular flexibility index (Phi) is 10.3. The third kappa shape index (κ3) is 8.05. The third-order valence-corrected chi connectivity index (χ3v) is 6.63. The van der Waals surface area contributed by atoms with E-state index in [1.165, 1.54) is 17.7 Å². The largest absolute Gasteiger partial charge is 0.416 e. The lowest BCUT2D eigenvalue weighted by Crippen LogP contribution is -2.10. The monoisotopic (exact) mass is 517 g/mol. The topological polar surface area (TPSA) is 61.9 Å². The van der Waals surface area contributed by atoms with E-state index in [9.17, 15) is 13.2 Å². The van der Waals surface area contributed by atoms with Gasteiger partial charge in [0.15, 0.2) is 0 Å². The summed E-state index contributed by atoms with van der Waals surface area (Å²) in [4.78, 5) is 9.22. The first-order valence-corrected chi connectivity index (χ1v) is 13.3. The lowest BCUT2D eigenvalue weighted by Gasteiger charge is -2.16. The van der Waals surface area contributed by atoms with Gasteiger partial charge in [-0.25, -0.2) is 9.97 Å². The Balaban J connectivity index is 1.84. The Morgan fingerprint density at radius 1 is 1.06 bits per heavy atom. The number of hydrogen-bond acceptors (Lipinski definition) is 6. The molecule has 0 aliphatic rings. The number of fused-ring (bicyclic) bond motifs is 1. The molecule has 0 bridgehead atoms. The first kappa shape index (κ1) is 27.6. The van der Waals surface area contributed by atoms with Crippen molar-refractivity contribution in [1.82, 2.24) is 15.3 Å². The molecule has 1 aromatic heterocycles. The molecule has 5 nitrogen and oxygen atoms in total. The zero-order valence-electron chi connectivity index (χ0n) is 20.8. The van der Waals surface area contributed by atoms with Crippen LogP contribution in [0.3, 0.4) is 0 Å². The maximum Gasteiger partial charge on any atom is 0.416 e. The zero-order chi connectivity index (χ0) is 26.0. The second-order valence-corrected chi connectivity index (χ2v) is 9.72. The van der Waals surface area contributed by atoms with Crippen LogP contribution in [0.25, 0.3) is 10.9 Å². The number of hydrogen-bond donors (Lipinski definition) is 3. The van der Waals surface area contributed by atoms with E-state index in [1.54, 1.807) is 12.3 Å². The molecule has 0 amide bonds. The van der Waals surface area contributed by atoms with Crippen LogP contribution in [0.5, 0.6) is 0 Å². The van der Waals surface area contributed by atoms with E-state index in [4.69, 9.17) is 0 Å². The van der Waals surface area contributed by atoms with E-state index in [0.29, 0.717) is 17.2 Å². The predicted molar refractivity (Wildman–Crippen MR) is 146 cm³/mol. The van der Waals surface area contributed by atoms with Crippen LogP contribution in [0, 0.1) is 6.92 Å². The van der Waals surface area contributed by atoms with Gasteiger partial charge in [-0.2, -0.15) is 24.9 Å². The molecule has 2 aromatic carbocycles. The average Bonchev–Trinajstić information content (AvgIpc) is 2.84.